The number of hydrogen-bond donors (Lipinski definition) is 1. The minimum absolute atomic E-state index is 0.166. The van der Waals surface area contributed by atoms with Crippen LogP contribution in [0.2, 0.25) is 0 Å². The minimum atomic E-state index is -0.449. The van der Waals surface area contributed by atoms with Gasteiger partial charge in [0.25, 0.3) is 0 Å². The molecule has 0 radical (unpaired) electrons. The normalized spacial score (nSPS) is 34.7. The van der Waals surface area contributed by atoms with Gasteiger partial charge >= 0.3 is 0 Å². The van der Waals surface area contributed by atoms with Gasteiger partial charge in [0, 0.05) is 16.9 Å². The highest BCUT2D eigenvalue weighted by atomic mass is 16.5. The largest absolute Gasteiger partial charge is 0.469 e. The average Bonchev–Trinajstić information content (AvgIpc) is 3.09. The van der Waals surface area contributed by atoms with Crippen molar-refractivity contribution in [3.05, 3.63) is 48.0 Å². The standard InChI is InChI=1S/C19H26O3/c1-5-10-22-19-9-7-15(14(4)20)18(19,6-2)12-13(3)17-16(19)8-11-21-17/h5,7-8,11,13-14,20H,1,6,9-10,12H2,2-4H3/t13-,14-,18-,19+/m1/s1. The first-order chi connectivity index (χ1) is 10.5. The maximum atomic E-state index is 10.3. The Hall–Kier alpha value is -1.32. The van der Waals surface area contributed by atoms with Gasteiger partial charge in [-0.05, 0) is 37.8 Å². The van der Waals surface area contributed by atoms with E-state index in [2.05, 4.69) is 32.6 Å². The van der Waals surface area contributed by atoms with Crippen LogP contribution in [0.15, 0.2) is 41.1 Å². The first-order valence-electron chi connectivity index (χ1n) is 8.23. The second-order valence-corrected chi connectivity index (χ2v) is 6.71. The molecule has 0 saturated carbocycles. The van der Waals surface area contributed by atoms with Crippen LogP contribution in [-0.2, 0) is 10.3 Å². The fraction of sp³-hybridized carbons (Fsp3) is 0.579. The zero-order chi connectivity index (χ0) is 16.0. The molecule has 1 heterocycles. The van der Waals surface area contributed by atoms with Crippen LogP contribution in [-0.4, -0.2) is 17.8 Å². The lowest BCUT2D eigenvalue weighted by molar-refractivity contribution is -0.128. The molecule has 0 bridgehead atoms. The highest BCUT2D eigenvalue weighted by Gasteiger charge is 2.62. The molecule has 0 aromatic carbocycles. The van der Waals surface area contributed by atoms with Crippen molar-refractivity contribution in [1.29, 1.82) is 0 Å². The second kappa shape index (κ2) is 5.39. The first kappa shape index (κ1) is 15.6. The fourth-order valence-electron chi connectivity index (χ4n) is 4.86. The van der Waals surface area contributed by atoms with Gasteiger partial charge in [-0.1, -0.05) is 26.0 Å². The zero-order valence-corrected chi connectivity index (χ0v) is 13.8. The number of hydrogen-bond acceptors (Lipinski definition) is 3. The molecule has 0 unspecified atom stereocenters. The third kappa shape index (κ3) is 1.82. The van der Waals surface area contributed by atoms with Crippen molar-refractivity contribution in [3.63, 3.8) is 0 Å². The lowest BCUT2D eigenvalue weighted by atomic mass is 9.57. The molecule has 0 amide bonds. The van der Waals surface area contributed by atoms with Crippen LogP contribution in [0.25, 0.3) is 0 Å². The van der Waals surface area contributed by atoms with Gasteiger partial charge in [0.1, 0.15) is 11.4 Å². The topological polar surface area (TPSA) is 42.6 Å². The van der Waals surface area contributed by atoms with Crippen molar-refractivity contribution >= 4 is 0 Å². The predicted molar refractivity (Wildman–Crippen MR) is 86.7 cm³/mol. The molecular formula is C19H26O3. The van der Waals surface area contributed by atoms with Crippen LogP contribution >= 0.6 is 0 Å². The summed E-state index contributed by atoms with van der Waals surface area (Å²) in [5.74, 6) is 1.36. The molecule has 1 N–H and O–H groups in total. The van der Waals surface area contributed by atoms with Crippen molar-refractivity contribution < 1.29 is 14.3 Å². The van der Waals surface area contributed by atoms with Crippen LogP contribution in [0.5, 0.6) is 0 Å². The number of ether oxygens (including phenoxy) is 1. The van der Waals surface area contributed by atoms with Crippen LogP contribution in [0, 0.1) is 5.41 Å². The molecule has 3 nitrogen and oxygen atoms in total. The van der Waals surface area contributed by atoms with Gasteiger partial charge in [-0.2, -0.15) is 0 Å². The van der Waals surface area contributed by atoms with Gasteiger partial charge in [0.15, 0.2) is 0 Å². The van der Waals surface area contributed by atoms with Crippen LogP contribution < -0.4 is 0 Å². The van der Waals surface area contributed by atoms with Crippen LogP contribution in [0.3, 0.4) is 0 Å². The second-order valence-electron chi connectivity index (χ2n) is 6.71. The smallest absolute Gasteiger partial charge is 0.112 e. The number of aliphatic hydroxyl groups is 1. The molecule has 3 rings (SSSR count). The monoisotopic (exact) mass is 302 g/mol. The molecule has 3 heteroatoms. The van der Waals surface area contributed by atoms with Crippen molar-refractivity contribution in [3.8, 4) is 0 Å². The summed E-state index contributed by atoms with van der Waals surface area (Å²) in [6.45, 7) is 10.6. The molecule has 2 aliphatic rings. The van der Waals surface area contributed by atoms with E-state index in [9.17, 15) is 5.11 Å². The highest BCUT2D eigenvalue weighted by Crippen LogP contribution is 2.65. The first-order valence-corrected chi connectivity index (χ1v) is 8.23. The Morgan fingerprint density at radius 2 is 2.36 bits per heavy atom. The molecule has 0 fully saturated rings. The molecule has 2 aliphatic carbocycles. The van der Waals surface area contributed by atoms with Crippen molar-refractivity contribution in [2.75, 3.05) is 6.61 Å². The Morgan fingerprint density at radius 1 is 1.59 bits per heavy atom. The maximum Gasteiger partial charge on any atom is 0.112 e. The number of furan rings is 1. The Kier molecular flexibility index (Phi) is 3.82. The quantitative estimate of drug-likeness (QED) is 0.825. The van der Waals surface area contributed by atoms with E-state index >= 15 is 0 Å². The zero-order valence-electron chi connectivity index (χ0n) is 13.8. The SMILES string of the molecule is C=CCO[C@]12CC=C([C@@H](C)O)[C@@]1(CC)C[C@@H](C)c1occc12. The third-order valence-electron chi connectivity index (χ3n) is 5.67. The van der Waals surface area contributed by atoms with E-state index in [0.717, 1.165) is 36.2 Å². The molecule has 1 aromatic rings. The average molecular weight is 302 g/mol. The van der Waals surface area contributed by atoms with Crippen molar-refractivity contribution in [1.82, 2.24) is 0 Å². The fourth-order valence-corrected chi connectivity index (χ4v) is 4.86. The molecule has 0 spiro atoms. The third-order valence-corrected chi connectivity index (χ3v) is 5.67. The van der Waals surface area contributed by atoms with Gasteiger partial charge < -0.3 is 14.3 Å². The van der Waals surface area contributed by atoms with E-state index in [-0.39, 0.29) is 5.41 Å². The predicted octanol–water partition coefficient (Wildman–Crippen LogP) is 4.29. The Bertz CT molecular complexity index is 598. The summed E-state index contributed by atoms with van der Waals surface area (Å²) in [4.78, 5) is 0. The molecule has 0 saturated heterocycles. The summed E-state index contributed by atoms with van der Waals surface area (Å²) in [7, 11) is 0. The Balaban J connectivity index is 2.19. The Labute approximate surface area is 132 Å². The van der Waals surface area contributed by atoms with E-state index < -0.39 is 11.7 Å². The van der Waals surface area contributed by atoms with Gasteiger partial charge in [-0.15, -0.1) is 6.58 Å². The van der Waals surface area contributed by atoms with E-state index in [1.165, 1.54) is 0 Å². The van der Waals surface area contributed by atoms with Gasteiger partial charge in [-0.25, -0.2) is 0 Å². The minimum Gasteiger partial charge on any atom is -0.469 e. The van der Waals surface area contributed by atoms with Gasteiger partial charge in [0.2, 0.25) is 0 Å². The molecule has 0 aliphatic heterocycles. The summed E-state index contributed by atoms with van der Waals surface area (Å²) < 4.78 is 12.2. The van der Waals surface area contributed by atoms with Crippen LogP contribution in [0.1, 0.15) is 57.3 Å². The summed E-state index contributed by atoms with van der Waals surface area (Å²) in [5, 5.41) is 10.3. The van der Waals surface area contributed by atoms with E-state index in [1.807, 2.05) is 6.92 Å². The van der Waals surface area contributed by atoms with Crippen molar-refractivity contribution in [2.45, 2.75) is 57.7 Å². The Morgan fingerprint density at radius 3 is 3.00 bits per heavy atom. The summed E-state index contributed by atoms with van der Waals surface area (Å²) in [6.07, 6.45) is 7.97. The lowest BCUT2D eigenvalue weighted by Crippen LogP contribution is -2.50. The molecule has 1 aromatic heterocycles. The maximum absolute atomic E-state index is 10.3. The van der Waals surface area contributed by atoms with Gasteiger partial charge in [0.05, 0.1) is 19.0 Å². The summed E-state index contributed by atoms with van der Waals surface area (Å²) in [5.41, 5.74) is 1.68. The summed E-state index contributed by atoms with van der Waals surface area (Å²) >= 11 is 0. The number of fused-ring (bicyclic) bond motifs is 3. The van der Waals surface area contributed by atoms with Crippen LogP contribution in [0.4, 0.5) is 0 Å². The molecule has 120 valence electrons. The van der Waals surface area contributed by atoms with Crippen molar-refractivity contribution in [2.24, 2.45) is 5.41 Å². The lowest BCUT2D eigenvalue weighted by Gasteiger charge is -2.52. The molecule has 22 heavy (non-hydrogen) atoms. The molecule has 4 atom stereocenters. The summed E-state index contributed by atoms with van der Waals surface area (Å²) in [6, 6.07) is 2.05. The van der Waals surface area contributed by atoms with Gasteiger partial charge in [-0.3, -0.25) is 0 Å². The van der Waals surface area contributed by atoms with E-state index in [1.54, 1.807) is 12.3 Å². The van der Waals surface area contributed by atoms with E-state index in [0.29, 0.717) is 12.5 Å². The number of aliphatic hydroxyl groups excluding tert-OH is 1. The number of rotatable bonds is 5. The molecular weight excluding hydrogens is 276 g/mol. The highest BCUT2D eigenvalue weighted by molar-refractivity contribution is 5.45. The van der Waals surface area contributed by atoms with E-state index in [4.69, 9.17) is 9.15 Å².